The second kappa shape index (κ2) is 7.06. The van der Waals surface area contributed by atoms with Crippen LogP contribution in [-0.4, -0.2) is 10.1 Å². The van der Waals surface area contributed by atoms with Crippen LogP contribution in [0.1, 0.15) is 17.0 Å². The van der Waals surface area contributed by atoms with Gasteiger partial charge in [0.05, 0.1) is 22.2 Å². The van der Waals surface area contributed by atoms with Gasteiger partial charge in [-0.1, -0.05) is 28.9 Å². The van der Waals surface area contributed by atoms with E-state index in [0.717, 1.165) is 12.1 Å². The van der Waals surface area contributed by atoms with Gasteiger partial charge in [0.15, 0.2) is 6.61 Å². The monoisotopic (exact) mass is 379 g/mol. The number of halogens is 4. The van der Waals surface area contributed by atoms with Crippen molar-refractivity contribution in [3.8, 4) is 23.2 Å². The lowest BCUT2D eigenvalue weighted by molar-refractivity contribution is -0.137. The molecule has 0 N–H and O–H groups in total. The number of ether oxygens (including phenoxy) is 1. The van der Waals surface area contributed by atoms with Gasteiger partial charge in [0, 0.05) is 5.56 Å². The van der Waals surface area contributed by atoms with E-state index in [1.165, 1.54) is 30.3 Å². The van der Waals surface area contributed by atoms with E-state index in [2.05, 4.69) is 10.1 Å². The SMILES string of the molecule is N#Cc1ccc(OCc2nc(-c3cccc(C(F)(F)F)c3)no2)c(Cl)c1. The van der Waals surface area contributed by atoms with Gasteiger partial charge in [0.25, 0.3) is 5.89 Å². The first-order valence-electron chi connectivity index (χ1n) is 7.19. The highest BCUT2D eigenvalue weighted by Gasteiger charge is 2.30. The number of nitrogens with zero attached hydrogens (tertiary/aromatic N) is 3. The lowest BCUT2D eigenvalue weighted by atomic mass is 10.1. The zero-order valence-corrected chi connectivity index (χ0v) is 13.7. The molecule has 5 nitrogen and oxygen atoms in total. The first kappa shape index (κ1) is 17.8. The van der Waals surface area contributed by atoms with Crippen LogP contribution in [0.3, 0.4) is 0 Å². The molecule has 3 rings (SSSR count). The van der Waals surface area contributed by atoms with Gasteiger partial charge < -0.3 is 9.26 Å². The van der Waals surface area contributed by atoms with Crippen LogP contribution < -0.4 is 4.74 Å². The summed E-state index contributed by atoms with van der Waals surface area (Å²) in [5.74, 6) is 0.392. The minimum Gasteiger partial charge on any atom is -0.482 e. The van der Waals surface area contributed by atoms with Crippen molar-refractivity contribution in [2.45, 2.75) is 12.8 Å². The second-order valence-electron chi connectivity index (χ2n) is 5.14. The maximum Gasteiger partial charge on any atom is 0.416 e. The third-order valence-electron chi connectivity index (χ3n) is 3.33. The summed E-state index contributed by atoms with van der Waals surface area (Å²) >= 11 is 5.99. The molecule has 0 aliphatic heterocycles. The fourth-order valence-corrected chi connectivity index (χ4v) is 2.33. The predicted molar refractivity (Wildman–Crippen MR) is 85.2 cm³/mol. The minimum absolute atomic E-state index is 0.0145. The molecule has 2 aromatic carbocycles. The molecule has 132 valence electrons. The Hall–Kier alpha value is -3.05. The number of alkyl halides is 3. The molecule has 0 spiro atoms. The van der Waals surface area contributed by atoms with Crippen LogP contribution in [0.4, 0.5) is 13.2 Å². The van der Waals surface area contributed by atoms with Crippen molar-refractivity contribution in [3.05, 3.63) is 64.5 Å². The quantitative estimate of drug-likeness (QED) is 0.647. The molecule has 0 aliphatic rings. The van der Waals surface area contributed by atoms with E-state index in [-0.39, 0.29) is 28.9 Å². The van der Waals surface area contributed by atoms with E-state index >= 15 is 0 Å². The van der Waals surface area contributed by atoms with Gasteiger partial charge in [-0.2, -0.15) is 23.4 Å². The molecule has 0 fully saturated rings. The summed E-state index contributed by atoms with van der Waals surface area (Å²) < 4.78 is 48.7. The Bertz CT molecular complexity index is 980. The van der Waals surface area contributed by atoms with Gasteiger partial charge in [0.2, 0.25) is 5.82 Å². The Morgan fingerprint density at radius 1 is 1.19 bits per heavy atom. The maximum atomic E-state index is 12.8. The maximum absolute atomic E-state index is 12.8. The molecular formula is C17H9ClF3N3O2. The number of benzene rings is 2. The normalized spacial score (nSPS) is 11.2. The first-order chi connectivity index (χ1) is 12.4. The molecule has 0 atom stereocenters. The second-order valence-corrected chi connectivity index (χ2v) is 5.54. The van der Waals surface area contributed by atoms with Crippen molar-refractivity contribution >= 4 is 11.6 Å². The molecule has 0 bridgehead atoms. The molecule has 9 heteroatoms. The van der Waals surface area contributed by atoms with Crippen LogP contribution in [0.2, 0.25) is 5.02 Å². The average molecular weight is 380 g/mol. The topological polar surface area (TPSA) is 71.9 Å². The molecule has 0 aliphatic carbocycles. The van der Waals surface area contributed by atoms with Crippen LogP contribution in [0.15, 0.2) is 47.0 Å². The molecule has 0 saturated carbocycles. The molecule has 26 heavy (non-hydrogen) atoms. The third-order valence-corrected chi connectivity index (χ3v) is 3.62. The molecule has 1 heterocycles. The highest BCUT2D eigenvalue weighted by Crippen LogP contribution is 2.31. The molecule has 3 aromatic rings. The Morgan fingerprint density at radius 2 is 2.00 bits per heavy atom. The summed E-state index contributed by atoms with van der Waals surface area (Å²) in [7, 11) is 0. The fraction of sp³-hybridized carbons (Fsp3) is 0.118. The summed E-state index contributed by atoms with van der Waals surface area (Å²) in [6.45, 7) is -0.127. The minimum atomic E-state index is -4.46. The number of hydrogen-bond donors (Lipinski definition) is 0. The Labute approximate surface area is 150 Å². The smallest absolute Gasteiger partial charge is 0.416 e. The highest BCUT2D eigenvalue weighted by molar-refractivity contribution is 6.32. The van der Waals surface area contributed by atoms with Crippen molar-refractivity contribution in [2.24, 2.45) is 0 Å². The molecular weight excluding hydrogens is 371 g/mol. The van der Waals surface area contributed by atoms with Gasteiger partial charge in [0.1, 0.15) is 5.75 Å². The molecule has 0 unspecified atom stereocenters. The molecule has 0 radical (unpaired) electrons. The largest absolute Gasteiger partial charge is 0.482 e. The number of rotatable bonds is 4. The van der Waals surface area contributed by atoms with E-state index in [1.54, 1.807) is 0 Å². The van der Waals surface area contributed by atoms with E-state index in [9.17, 15) is 13.2 Å². The van der Waals surface area contributed by atoms with Crippen molar-refractivity contribution in [1.29, 1.82) is 5.26 Å². The summed E-state index contributed by atoms with van der Waals surface area (Å²) in [6.07, 6.45) is -4.46. The molecule has 0 amide bonds. The summed E-state index contributed by atoms with van der Waals surface area (Å²) in [5, 5.41) is 12.7. The van der Waals surface area contributed by atoms with E-state index < -0.39 is 11.7 Å². The van der Waals surface area contributed by atoms with Gasteiger partial charge in [-0.25, -0.2) is 0 Å². The van der Waals surface area contributed by atoms with Crippen LogP contribution in [0.5, 0.6) is 5.75 Å². The Kier molecular flexibility index (Phi) is 4.82. The summed E-state index contributed by atoms with van der Waals surface area (Å²) in [6, 6.07) is 11.0. The standard InChI is InChI=1S/C17H9ClF3N3O2/c18-13-6-10(8-22)4-5-14(13)25-9-15-23-16(24-26-15)11-2-1-3-12(7-11)17(19,20)21/h1-7H,9H2. The first-order valence-corrected chi connectivity index (χ1v) is 7.57. The van der Waals surface area contributed by atoms with Crippen molar-refractivity contribution in [2.75, 3.05) is 0 Å². The van der Waals surface area contributed by atoms with Gasteiger partial charge in [-0.15, -0.1) is 0 Å². The van der Waals surface area contributed by atoms with Gasteiger partial charge in [-0.3, -0.25) is 0 Å². The van der Waals surface area contributed by atoms with Crippen LogP contribution in [0.25, 0.3) is 11.4 Å². The number of nitriles is 1. The molecule has 0 saturated heterocycles. The fourth-order valence-electron chi connectivity index (χ4n) is 2.09. The van der Waals surface area contributed by atoms with Crippen molar-refractivity contribution in [1.82, 2.24) is 10.1 Å². The van der Waals surface area contributed by atoms with E-state index in [4.69, 9.17) is 26.1 Å². The zero-order valence-electron chi connectivity index (χ0n) is 12.9. The van der Waals surface area contributed by atoms with Crippen molar-refractivity contribution < 1.29 is 22.4 Å². The Morgan fingerprint density at radius 3 is 2.69 bits per heavy atom. The van der Waals surface area contributed by atoms with Crippen LogP contribution >= 0.6 is 11.6 Å². The third kappa shape index (κ3) is 3.95. The highest BCUT2D eigenvalue weighted by atomic mass is 35.5. The van der Waals surface area contributed by atoms with Gasteiger partial charge >= 0.3 is 6.18 Å². The van der Waals surface area contributed by atoms with E-state index in [1.807, 2.05) is 6.07 Å². The number of hydrogen-bond acceptors (Lipinski definition) is 5. The summed E-state index contributed by atoms with van der Waals surface area (Å²) in [4.78, 5) is 4.02. The number of aromatic nitrogens is 2. The Balaban J connectivity index is 1.74. The van der Waals surface area contributed by atoms with E-state index in [0.29, 0.717) is 11.3 Å². The van der Waals surface area contributed by atoms with Crippen molar-refractivity contribution in [3.63, 3.8) is 0 Å². The lowest BCUT2D eigenvalue weighted by Gasteiger charge is -2.06. The zero-order chi connectivity index (χ0) is 18.7. The van der Waals surface area contributed by atoms with Crippen LogP contribution in [0, 0.1) is 11.3 Å². The molecule has 1 aromatic heterocycles. The van der Waals surface area contributed by atoms with Crippen LogP contribution in [-0.2, 0) is 12.8 Å². The summed E-state index contributed by atoms with van der Waals surface area (Å²) in [5.41, 5.74) is -0.250. The predicted octanol–water partition coefficient (Wildman–Crippen LogP) is 4.86. The van der Waals surface area contributed by atoms with Gasteiger partial charge in [-0.05, 0) is 30.3 Å². The lowest BCUT2D eigenvalue weighted by Crippen LogP contribution is -2.04. The average Bonchev–Trinajstić information content (AvgIpc) is 3.09.